The number of aliphatic carboxylic acids is 4. The summed E-state index contributed by atoms with van der Waals surface area (Å²) in [6, 6.07) is -2.65. The van der Waals surface area contributed by atoms with Crippen LogP contribution in [-0.2, 0) is 33.8 Å². The van der Waals surface area contributed by atoms with Crippen LogP contribution in [0.25, 0.3) is 0 Å². The summed E-state index contributed by atoms with van der Waals surface area (Å²) in [4.78, 5) is 40.3. The van der Waals surface area contributed by atoms with Crippen molar-refractivity contribution in [2.75, 3.05) is 13.2 Å². The van der Waals surface area contributed by atoms with Crippen molar-refractivity contribution in [3.05, 3.63) is 0 Å². The second-order valence-corrected chi connectivity index (χ2v) is 5.27. The van der Waals surface area contributed by atoms with Crippen molar-refractivity contribution in [2.45, 2.75) is 24.9 Å². The Morgan fingerprint density at radius 1 is 0.964 bits per heavy atom. The van der Waals surface area contributed by atoms with E-state index in [0.29, 0.717) is 0 Å². The Labute approximate surface area is 203 Å². The molecule has 0 aliphatic heterocycles. The first-order valence-corrected chi connectivity index (χ1v) is 7.58. The number of carboxylic acid groups (broad SMARTS) is 4. The predicted molar refractivity (Wildman–Crippen MR) is 77.1 cm³/mol. The number of hydrogen-bond donors (Lipinski definition) is 6. The first-order valence-electron chi connectivity index (χ1n) is 6.24. The fourth-order valence-electron chi connectivity index (χ4n) is 1.07. The van der Waals surface area contributed by atoms with Crippen molar-refractivity contribution < 1.29 is 121 Å². The summed E-state index contributed by atoms with van der Waals surface area (Å²) in [5.74, 6) is -5.22. The molecular weight excluding hydrogens is 434 g/mol. The van der Waals surface area contributed by atoms with Gasteiger partial charge in [-0.1, -0.05) is 0 Å². The van der Waals surface area contributed by atoms with E-state index in [9.17, 15) is 32.1 Å². The Kier molecular flexibility index (Phi) is 27.2. The topological polar surface area (TPSA) is 284 Å². The minimum atomic E-state index is -4.82. The van der Waals surface area contributed by atoms with Gasteiger partial charge in [-0.05, 0) is 0 Å². The molecule has 0 spiro atoms. The van der Waals surface area contributed by atoms with Gasteiger partial charge in [-0.15, -0.1) is 0 Å². The van der Waals surface area contributed by atoms with Crippen LogP contribution in [0.4, 0.5) is 0 Å². The fraction of sp³-hybridized carbons (Fsp3) is 0.600. The van der Waals surface area contributed by atoms with Crippen LogP contribution in [0.5, 0.6) is 0 Å². The molecule has 0 saturated carbocycles. The molecular formula is C10H18N2Na2O13S. The fourth-order valence-corrected chi connectivity index (χ4v) is 1.36. The van der Waals surface area contributed by atoms with E-state index in [1.165, 1.54) is 0 Å². The summed E-state index contributed by atoms with van der Waals surface area (Å²) >= 11 is 0. The summed E-state index contributed by atoms with van der Waals surface area (Å²) in [5.41, 5.74) is 4.84. The van der Waals surface area contributed by atoms with Crippen LogP contribution in [0.2, 0.25) is 0 Å². The molecule has 0 bridgehead atoms. The van der Waals surface area contributed by atoms with Crippen LogP contribution in [0.15, 0.2) is 0 Å². The largest absolute Gasteiger partial charge is 1.00 e. The van der Waals surface area contributed by atoms with Crippen molar-refractivity contribution in [3.8, 4) is 0 Å². The van der Waals surface area contributed by atoms with Gasteiger partial charge in [0.05, 0.1) is 19.4 Å². The Bertz CT molecular complexity index is 586. The number of hydrogen-bond acceptors (Lipinski definition) is 11. The van der Waals surface area contributed by atoms with Gasteiger partial charge in [0.1, 0.15) is 12.1 Å². The summed E-state index contributed by atoms with van der Waals surface area (Å²) in [7, 11) is -4.82. The molecule has 0 radical (unpaired) electrons. The van der Waals surface area contributed by atoms with Crippen LogP contribution >= 0.6 is 0 Å². The summed E-state index contributed by atoms with van der Waals surface area (Å²) in [6.07, 6.45) is -1.20. The molecule has 0 aromatic heterocycles. The van der Waals surface area contributed by atoms with Gasteiger partial charge < -0.3 is 41.5 Å². The van der Waals surface area contributed by atoms with Gasteiger partial charge in [0, 0.05) is 6.54 Å². The van der Waals surface area contributed by atoms with Gasteiger partial charge in [-0.2, -0.15) is 0 Å². The van der Waals surface area contributed by atoms with Gasteiger partial charge in [0.25, 0.3) is 0 Å². The smallest absolute Gasteiger partial charge is 0.870 e. The average Bonchev–Trinajstić information content (AvgIpc) is 2.40. The van der Waals surface area contributed by atoms with Gasteiger partial charge in [0.2, 0.25) is 10.4 Å². The first kappa shape index (κ1) is 38.3. The molecule has 15 nitrogen and oxygen atoms in total. The Morgan fingerprint density at radius 2 is 1.39 bits per heavy atom. The van der Waals surface area contributed by atoms with E-state index >= 15 is 0 Å². The van der Waals surface area contributed by atoms with Gasteiger partial charge in [0.15, 0.2) is 0 Å². The SMILES string of the molecule is N[C@@H](CC(=O)O)C(=O)O.O=C(O)C[C@H](NCCOS(=O)(=O)[O-])C(=O)O.[Na+].[Na+].[OH-]. The molecule has 154 valence electrons. The zero-order valence-corrected chi connectivity index (χ0v) is 19.8. The minimum Gasteiger partial charge on any atom is -0.870 e. The van der Waals surface area contributed by atoms with Crippen LogP contribution in [0.1, 0.15) is 12.8 Å². The molecule has 18 heteroatoms. The minimum absolute atomic E-state index is 0. The maximum Gasteiger partial charge on any atom is 1.00 e. The maximum absolute atomic E-state index is 10.5. The monoisotopic (exact) mass is 452 g/mol. The molecule has 28 heavy (non-hydrogen) atoms. The van der Waals surface area contributed by atoms with Crippen molar-refractivity contribution in [1.29, 1.82) is 0 Å². The molecule has 0 aromatic carbocycles. The molecule has 0 unspecified atom stereocenters. The van der Waals surface area contributed by atoms with Crippen molar-refractivity contribution in [3.63, 3.8) is 0 Å². The van der Waals surface area contributed by atoms with Crippen molar-refractivity contribution in [1.82, 2.24) is 5.32 Å². The standard InChI is InChI=1S/C6H11NO8S.C4H7NO4.2Na.H2O/c8-5(9)3-4(6(10)11)7-1-2-15-16(12,13)14;5-2(4(8)9)1-3(6)7;;;/h4,7H,1-3H2,(H,8,9)(H,10,11)(H,12,13,14);2H,1,5H2,(H,6,7)(H,8,9);;;1H2/q;;2*+1;/p-2/t4-;2-;;;/m00.../s1. The van der Waals surface area contributed by atoms with E-state index in [1.54, 1.807) is 0 Å². The zero-order chi connectivity index (χ0) is 20.2. The zero-order valence-electron chi connectivity index (χ0n) is 15.0. The second kappa shape index (κ2) is 19.9. The van der Waals surface area contributed by atoms with E-state index in [1.807, 2.05) is 0 Å². The van der Waals surface area contributed by atoms with Crippen LogP contribution in [0, 0.1) is 0 Å². The van der Waals surface area contributed by atoms with E-state index in [-0.39, 0.29) is 71.1 Å². The molecule has 0 rings (SSSR count). The summed E-state index contributed by atoms with van der Waals surface area (Å²) in [5, 5.41) is 35.1. The van der Waals surface area contributed by atoms with E-state index < -0.39 is 65.8 Å². The third-order valence-electron chi connectivity index (χ3n) is 2.11. The molecule has 0 fully saturated rings. The van der Waals surface area contributed by atoms with E-state index in [2.05, 4.69) is 9.50 Å². The molecule has 0 aliphatic rings. The van der Waals surface area contributed by atoms with E-state index in [0.717, 1.165) is 0 Å². The summed E-state index contributed by atoms with van der Waals surface area (Å²) < 4.78 is 33.7. The van der Waals surface area contributed by atoms with Crippen molar-refractivity contribution >= 4 is 34.3 Å². The van der Waals surface area contributed by atoms with E-state index in [4.69, 9.17) is 26.2 Å². The van der Waals surface area contributed by atoms with Crippen LogP contribution in [0.3, 0.4) is 0 Å². The van der Waals surface area contributed by atoms with Crippen LogP contribution in [-0.4, -0.2) is 88.0 Å². The van der Waals surface area contributed by atoms with Gasteiger partial charge in [-0.25, -0.2) is 8.42 Å². The molecule has 0 saturated heterocycles. The Balaban J connectivity index is -0.000000128. The molecule has 0 aromatic rings. The Hall–Kier alpha value is -0.370. The number of carboxylic acids is 4. The third kappa shape index (κ3) is 27.8. The average molecular weight is 452 g/mol. The summed E-state index contributed by atoms with van der Waals surface area (Å²) in [6.45, 7) is -0.832. The van der Waals surface area contributed by atoms with Crippen LogP contribution < -0.4 is 70.2 Å². The number of rotatable bonds is 11. The predicted octanol–water partition coefficient (Wildman–Crippen LogP) is -9.32. The van der Waals surface area contributed by atoms with Crippen molar-refractivity contribution in [2.24, 2.45) is 5.73 Å². The Morgan fingerprint density at radius 3 is 1.64 bits per heavy atom. The number of carbonyl (C=O) groups is 4. The maximum atomic E-state index is 10.5. The number of nitrogens with two attached hydrogens (primary N) is 1. The second-order valence-electron chi connectivity index (χ2n) is 4.22. The first-order chi connectivity index (χ1) is 11.3. The molecule has 8 N–H and O–H groups in total. The molecule has 0 aliphatic carbocycles. The van der Waals surface area contributed by atoms with Gasteiger partial charge in [-0.3, -0.25) is 23.4 Å². The third-order valence-corrected chi connectivity index (χ3v) is 2.56. The number of nitrogens with one attached hydrogen (secondary N) is 1. The normalized spacial score (nSPS) is 11.6. The molecule has 2 atom stereocenters. The molecule has 0 heterocycles. The quantitative estimate of drug-likeness (QED) is 0.0734. The molecule has 0 amide bonds. The van der Waals surface area contributed by atoms with Gasteiger partial charge >= 0.3 is 83.0 Å².